The molecular formula is C10H22O6. The number of hydrogen-bond donors (Lipinski definition) is 6. The van der Waals surface area contributed by atoms with Crippen LogP contribution in [0.2, 0.25) is 0 Å². The molecule has 0 rings (SSSR count). The largest absolute Gasteiger partial charge is 0.394 e. The lowest BCUT2D eigenvalue weighted by atomic mass is 9.94. The van der Waals surface area contributed by atoms with Crippen LogP contribution in [0.25, 0.3) is 0 Å². The molecule has 0 fully saturated rings. The zero-order valence-corrected chi connectivity index (χ0v) is 9.56. The highest BCUT2D eigenvalue weighted by atomic mass is 16.4. The van der Waals surface area contributed by atoms with E-state index in [2.05, 4.69) is 0 Å². The van der Waals surface area contributed by atoms with Crippen molar-refractivity contribution in [1.29, 1.82) is 0 Å². The Bertz CT molecular complexity index is 186. The summed E-state index contributed by atoms with van der Waals surface area (Å²) in [5.41, 5.74) is 0. The first-order valence-corrected chi connectivity index (χ1v) is 5.32. The maximum absolute atomic E-state index is 9.50. The second-order valence-electron chi connectivity index (χ2n) is 4.42. The summed E-state index contributed by atoms with van der Waals surface area (Å²) in [5, 5.41) is 55.4. The van der Waals surface area contributed by atoms with Gasteiger partial charge >= 0.3 is 0 Å². The number of hydrogen-bond acceptors (Lipinski definition) is 6. The fourth-order valence-corrected chi connectivity index (χ4v) is 1.39. The topological polar surface area (TPSA) is 121 Å². The van der Waals surface area contributed by atoms with E-state index in [0.29, 0.717) is 0 Å². The molecular weight excluding hydrogens is 216 g/mol. The minimum atomic E-state index is -1.70. The van der Waals surface area contributed by atoms with Crippen LogP contribution in [0.15, 0.2) is 0 Å². The van der Waals surface area contributed by atoms with Gasteiger partial charge in [-0.3, -0.25) is 0 Å². The Morgan fingerprint density at radius 3 is 1.56 bits per heavy atom. The average Bonchev–Trinajstić information content (AvgIpc) is 2.23. The number of aliphatic hydroxyl groups excluding tert-OH is 6. The molecule has 6 nitrogen and oxygen atoms in total. The zero-order chi connectivity index (χ0) is 12.9. The van der Waals surface area contributed by atoms with Gasteiger partial charge < -0.3 is 30.6 Å². The van der Waals surface area contributed by atoms with E-state index in [1.807, 2.05) is 13.8 Å². The summed E-state index contributed by atoms with van der Waals surface area (Å²) in [4.78, 5) is 0. The summed E-state index contributed by atoms with van der Waals surface area (Å²) in [5.74, 6) is 0.122. The first-order valence-electron chi connectivity index (χ1n) is 5.32. The Morgan fingerprint density at radius 1 is 0.750 bits per heavy atom. The summed E-state index contributed by atoms with van der Waals surface area (Å²) in [7, 11) is 0. The van der Waals surface area contributed by atoms with Gasteiger partial charge in [-0.2, -0.15) is 0 Å². The first-order chi connectivity index (χ1) is 7.31. The van der Waals surface area contributed by atoms with Crippen LogP contribution >= 0.6 is 0 Å². The molecule has 6 N–H and O–H groups in total. The third-order valence-corrected chi connectivity index (χ3v) is 2.39. The predicted octanol–water partition coefficient (Wildman–Crippen LogP) is -2.17. The third kappa shape index (κ3) is 4.73. The second-order valence-corrected chi connectivity index (χ2v) is 4.42. The van der Waals surface area contributed by atoms with Crippen molar-refractivity contribution in [2.45, 2.75) is 50.8 Å². The fourth-order valence-electron chi connectivity index (χ4n) is 1.39. The molecule has 5 unspecified atom stereocenters. The smallest absolute Gasteiger partial charge is 0.111 e. The van der Waals surface area contributed by atoms with E-state index >= 15 is 0 Å². The molecule has 0 amide bonds. The maximum Gasteiger partial charge on any atom is 0.111 e. The second kappa shape index (κ2) is 7.16. The van der Waals surface area contributed by atoms with Gasteiger partial charge in [0, 0.05) is 0 Å². The van der Waals surface area contributed by atoms with E-state index < -0.39 is 37.1 Å². The highest BCUT2D eigenvalue weighted by molar-refractivity contribution is 4.84. The van der Waals surface area contributed by atoms with Crippen molar-refractivity contribution in [2.75, 3.05) is 6.61 Å². The van der Waals surface area contributed by atoms with Crippen molar-refractivity contribution in [3.8, 4) is 0 Å². The van der Waals surface area contributed by atoms with Crippen LogP contribution in [0.1, 0.15) is 20.3 Å². The standard InChI is InChI=1S/C10H22O6/c1-5(2)3-6(12)8(14)10(16)9(15)7(13)4-11/h5-16H,3-4H2,1-2H3. The first kappa shape index (κ1) is 15.8. The van der Waals surface area contributed by atoms with Crippen LogP contribution < -0.4 is 0 Å². The molecule has 0 aliphatic carbocycles. The molecule has 0 aromatic heterocycles. The molecule has 16 heavy (non-hydrogen) atoms. The van der Waals surface area contributed by atoms with E-state index in [-0.39, 0.29) is 12.3 Å². The molecule has 6 heteroatoms. The van der Waals surface area contributed by atoms with Gasteiger partial charge in [-0.25, -0.2) is 0 Å². The van der Waals surface area contributed by atoms with Crippen molar-refractivity contribution in [3.63, 3.8) is 0 Å². The Kier molecular flexibility index (Phi) is 7.05. The SMILES string of the molecule is CC(C)CC(O)C(O)C(O)C(O)C(O)CO. The van der Waals surface area contributed by atoms with Gasteiger partial charge in [0.15, 0.2) is 0 Å². The monoisotopic (exact) mass is 238 g/mol. The molecule has 0 aliphatic rings. The van der Waals surface area contributed by atoms with E-state index in [1.165, 1.54) is 0 Å². The molecule has 0 aromatic carbocycles. The zero-order valence-electron chi connectivity index (χ0n) is 9.56. The van der Waals surface area contributed by atoms with E-state index in [0.717, 1.165) is 0 Å². The quantitative estimate of drug-likeness (QED) is 0.300. The Hall–Kier alpha value is -0.240. The summed E-state index contributed by atoms with van der Waals surface area (Å²) >= 11 is 0. The summed E-state index contributed by atoms with van der Waals surface area (Å²) in [6.45, 7) is 2.94. The van der Waals surface area contributed by atoms with Crippen LogP contribution in [0, 0.1) is 5.92 Å². The predicted molar refractivity (Wildman–Crippen MR) is 56.6 cm³/mol. The molecule has 0 saturated heterocycles. The van der Waals surface area contributed by atoms with Gasteiger partial charge in [0.2, 0.25) is 0 Å². The molecule has 0 spiro atoms. The lowest BCUT2D eigenvalue weighted by Crippen LogP contribution is -2.50. The van der Waals surface area contributed by atoms with Crippen molar-refractivity contribution >= 4 is 0 Å². The Morgan fingerprint density at radius 2 is 1.19 bits per heavy atom. The van der Waals surface area contributed by atoms with Gasteiger partial charge in [0.1, 0.15) is 24.4 Å². The molecule has 0 aromatic rings. The van der Waals surface area contributed by atoms with E-state index in [1.54, 1.807) is 0 Å². The summed E-state index contributed by atoms with van der Waals surface area (Å²) in [6, 6.07) is 0. The lowest BCUT2D eigenvalue weighted by molar-refractivity contribution is -0.142. The van der Waals surface area contributed by atoms with E-state index in [4.69, 9.17) is 10.2 Å². The van der Waals surface area contributed by atoms with Crippen LogP contribution in [-0.4, -0.2) is 67.8 Å². The van der Waals surface area contributed by atoms with Gasteiger partial charge in [0.05, 0.1) is 12.7 Å². The molecule has 0 bridgehead atoms. The Balaban J connectivity index is 4.30. The van der Waals surface area contributed by atoms with Gasteiger partial charge in [0.25, 0.3) is 0 Å². The molecule has 0 heterocycles. The highest BCUT2D eigenvalue weighted by Crippen LogP contribution is 2.14. The van der Waals surface area contributed by atoms with Gasteiger partial charge in [-0.05, 0) is 12.3 Å². The van der Waals surface area contributed by atoms with Crippen molar-refractivity contribution in [1.82, 2.24) is 0 Å². The third-order valence-electron chi connectivity index (χ3n) is 2.39. The molecule has 5 atom stereocenters. The highest BCUT2D eigenvalue weighted by Gasteiger charge is 2.33. The number of aliphatic hydroxyl groups is 6. The minimum absolute atomic E-state index is 0.122. The maximum atomic E-state index is 9.50. The molecule has 0 saturated carbocycles. The molecule has 0 radical (unpaired) electrons. The average molecular weight is 238 g/mol. The lowest BCUT2D eigenvalue weighted by Gasteiger charge is -2.29. The van der Waals surface area contributed by atoms with E-state index in [9.17, 15) is 20.4 Å². The molecule has 98 valence electrons. The normalized spacial score (nSPS) is 21.6. The van der Waals surface area contributed by atoms with Crippen LogP contribution in [0.3, 0.4) is 0 Å². The van der Waals surface area contributed by atoms with Crippen LogP contribution in [0.4, 0.5) is 0 Å². The Labute approximate surface area is 94.8 Å². The van der Waals surface area contributed by atoms with Crippen molar-refractivity contribution in [2.24, 2.45) is 5.92 Å². The van der Waals surface area contributed by atoms with Gasteiger partial charge in [-0.15, -0.1) is 0 Å². The van der Waals surface area contributed by atoms with Crippen molar-refractivity contribution in [3.05, 3.63) is 0 Å². The minimum Gasteiger partial charge on any atom is -0.394 e. The van der Waals surface area contributed by atoms with Gasteiger partial charge in [-0.1, -0.05) is 13.8 Å². The van der Waals surface area contributed by atoms with Crippen LogP contribution in [0.5, 0.6) is 0 Å². The summed E-state index contributed by atoms with van der Waals surface area (Å²) in [6.07, 6.45) is -7.41. The number of rotatable bonds is 7. The van der Waals surface area contributed by atoms with Crippen LogP contribution in [-0.2, 0) is 0 Å². The molecule has 0 aliphatic heterocycles. The fraction of sp³-hybridized carbons (Fsp3) is 1.00. The van der Waals surface area contributed by atoms with Crippen molar-refractivity contribution < 1.29 is 30.6 Å². The summed E-state index contributed by atoms with van der Waals surface area (Å²) < 4.78 is 0.